The van der Waals surface area contributed by atoms with Crippen molar-refractivity contribution in [3.8, 4) is 0 Å². The molecule has 4 nitrogen and oxygen atoms in total. The number of hydrogen-bond donors (Lipinski definition) is 0. The third kappa shape index (κ3) is 4.23. The summed E-state index contributed by atoms with van der Waals surface area (Å²) in [5.74, 6) is -0.113. The Morgan fingerprint density at radius 1 is 1.28 bits per heavy atom. The lowest BCUT2D eigenvalue weighted by molar-refractivity contribution is -0.282. The largest absolute Gasteiger partial charge is 0.591 e. The van der Waals surface area contributed by atoms with Crippen LogP contribution in [0.5, 0.6) is 0 Å². The summed E-state index contributed by atoms with van der Waals surface area (Å²) in [5, 5.41) is 0. The predicted molar refractivity (Wildman–Crippen MR) is 75.1 cm³/mol. The summed E-state index contributed by atoms with van der Waals surface area (Å²) in [6, 6.07) is 0. The first kappa shape index (κ1) is 16.0. The molecule has 0 amide bonds. The fourth-order valence-electron chi connectivity index (χ4n) is 1.95. The zero-order chi connectivity index (χ0) is 13.8. The molecule has 0 saturated heterocycles. The highest BCUT2D eigenvalue weighted by molar-refractivity contribution is 7.91. The Balaban J connectivity index is 2.43. The highest BCUT2D eigenvalue weighted by Gasteiger charge is 2.46. The number of ether oxygens (including phenoxy) is 2. The van der Waals surface area contributed by atoms with Gasteiger partial charge in [0.2, 0.25) is 0 Å². The van der Waals surface area contributed by atoms with Gasteiger partial charge in [0.15, 0.2) is 5.79 Å². The van der Waals surface area contributed by atoms with E-state index in [4.69, 9.17) is 9.47 Å². The fraction of sp³-hybridized carbons (Fsp3) is 0.923. The molecule has 1 unspecified atom stereocenters. The van der Waals surface area contributed by atoms with E-state index in [0.717, 1.165) is 12.8 Å². The van der Waals surface area contributed by atoms with Gasteiger partial charge in [-0.2, -0.15) is 0 Å². The quantitative estimate of drug-likeness (QED) is 0.425. The van der Waals surface area contributed by atoms with E-state index in [1.165, 1.54) is 0 Å². The van der Waals surface area contributed by atoms with Gasteiger partial charge in [-0.1, -0.05) is 4.40 Å². The van der Waals surface area contributed by atoms with Gasteiger partial charge in [-0.15, -0.1) is 0 Å². The van der Waals surface area contributed by atoms with E-state index in [0.29, 0.717) is 19.1 Å². The molecule has 0 bridgehead atoms. The second-order valence-electron chi connectivity index (χ2n) is 5.56. The third-order valence-corrected chi connectivity index (χ3v) is 4.21. The predicted octanol–water partition coefficient (Wildman–Crippen LogP) is 2.70. The van der Waals surface area contributed by atoms with E-state index in [1.54, 1.807) is 6.21 Å². The molecule has 1 rings (SSSR count). The summed E-state index contributed by atoms with van der Waals surface area (Å²) in [5.41, 5.74) is 0. The number of nitrogens with zero attached hydrogens (tertiary/aromatic N) is 1. The minimum atomic E-state index is -1.17. The van der Waals surface area contributed by atoms with Crippen LogP contribution in [0.3, 0.4) is 0 Å². The molecule has 1 aliphatic carbocycles. The molecule has 0 aromatic carbocycles. The second-order valence-corrected chi connectivity index (χ2v) is 7.49. The van der Waals surface area contributed by atoms with E-state index in [2.05, 4.69) is 4.40 Å². The van der Waals surface area contributed by atoms with Crippen LogP contribution in [0.2, 0.25) is 0 Å². The molecular formula is C13H25NO3S. The van der Waals surface area contributed by atoms with Gasteiger partial charge in [-0.3, -0.25) is 0 Å². The van der Waals surface area contributed by atoms with Gasteiger partial charge in [0.05, 0.1) is 6.21 Å². The molecule has 0 aromatic heterocycles. The first-order chi connectivity index (χ1) is 8.33. The second kappa shape index (κ2) is 6.37. The van der Waals surface area contributed by atoms with E-state index in [9.17, 15) is 4.55 Å². The van der Waals surface area contributed by atoms with Crippen LogP contribution >= 0.6 is 0 Å². The average molecular weight is 275 g/mol. The van der Waals surface area contributed by atoms with Gasteiger partial charge in [0.25, 0.3) is 0 Å². The van der Waals surface area contributed by atoms with Crippen LogP contribution in [-0.4, -0.2) is 34.5 Å². The Morgan fingerprint density at radius 3 is 2.17 bits per heavy atom. The summed E-state index contributed by atoms with van der Waals surface area (Å²) in [7, 11) is 0. The van der Waals surface area contributed by atoms with E-state index in [-0.39, 0.29) is 4.75 Å². The molecule has 0 spiro atoms. The van der Waals surface area contributed by atoms with Crippen molar-refractivity contribution in [1.29, 1.82) is 0 Å². The lowest BCUT2D eigenvalue weighted by Crippen LogP contribution is -2.49. The van der Waals surface area contributed by atoms with Crippen molar-refractivity contribution >= 4 is 17.6 Å². The molecule has 0 aliphatic heterocycles. The monoisotopic (exact) mass is 275 g/mol. The molecule has 0 N–H and O–H groups in total. The van der Waals surface area contributed by atoms with E-state index in [1.807, 2.05) is 34.6 Å². The number of hydrogen-bond acceptors (Lipinski definition) is 4. The average Bonchev–Trinajstić information content (AvgIpc) is 2.21. The highest BCUT2D eigenvalue weighted by Crippen LogP contribution is 2.41. The van der Waals surface area contributed by atoms with Crippen LogP contribution in [0.4, 0.5) is 0 Å². The maximum absolute atomic E-state index is 11.8. The number of rotatable bonds is 6. The Kier molecular flexibility index (Phi) is 5.65. The molecule has 1 atom stereocenters. The lowest BCUT2D eigenvalue weighted by Gasteiger charge is -2.44. The van der Waals surface area contributed by atoms with Crippen LogP contribution < -0.4 is 0 Å². The van der Waals surface area contributed by atoms with Gasteiger partial charge in [-0.05, 0) is 34.6 Å². The summed E-state index contributed by atoms with van der Waals surface area (Å²) < 4.78 is 26.9. The van der Waals surface area contributed by atoms with Crippen molar-refractivity contribution in [3.05, 3.63) is 0 Å². The summed E-state index contributed by atoms with van der Waals surface area (Å²) in [6.07, 6.45) is 3.41. The summed E-state index contributed by atoms with van der Waals surface area (Å²) >= 11 is -1.17. The van der Waals surface area contributed by atoms with Crippen molar-refractivity contribution < 1.29 is 14.0 Å². The molecule has 5 heteroatoms. The summed E-state index contributed by atoms with van der Waals surface area (Å²) in [6.45, 7) is 11.0. The molecule has 1 saturated carbocycles. The summed E-state index contributed by atoms with van der Waals surface area (Å²) in [4.78, 5) is 0. The van der Waals surface area contributed by atoms with Crippen molar-refractivity contribution in [2.75, 3.05) is 13.2 Å². The van der Waals surface area contributed by atoms with Crippen molar-refractivity contribution in [2.24, 2.45) is 10.3 Å². The maximum atomic E-state index is 11.8. The van der Waals surface area contributed by atoms with Crippen LogP contribution in [0.15, 0.2) is 4.40 Å². The van der Waals surface area contributed by atoms with Gasteiger partial charge < -0.3 is 14.0 Å². The molecule has 0 aromatic rings. The van der Waals surface area contributed by atoms with Gasteiger partial charge in [0.1, 0.15) is 16.1 Å². The topological polar surface area (TPSA) is 53.9 Å². The maximum Gasteiger partial charge on any atom is 0.169 e. The first-order valence-electron chi connectivity index (χ1n) is 6.57. The van der Waals surface area contributed by atoms with E-state index < -0.39 is 17.1 Å². The SMILES string of the molecule is CCOC1(OCC)CC(/C=N/[S+]([O-])C(C)(C)C)C1. The minimum Gasteiger partial charge on any atom is -0.591 e. The molecule has 0 radical (unpaired) electrons. The Hall–Kier alpha value is -0.100. The molecular weight excluding hydrogens is 250 g/mol. The van der Waals surface area contributed by atoms with Crippen LogP contribution in [0, 0.1) is 5.92 Å². The minimum absolute atomic E-state index is 0.294. The lowest BCUT2D eigenvalue weighted by atomic mass is 9.79. The van der Waals surface area contributed by atoms with Gasteiger partial charge >= 0.3 is 0 Å². The van der Waals surface area contributed by atoms with Crippen LogP contribution in [-0.2, 0) is 20.8 Å². The zero-order valence-electron chi connectivity index (χ0n) is 12.1. The Bertz CT molecular complexity index is 274. The highest BCUT2D eigenvalue weighted by atomic mass is 32.2. The fourth-order valence-corrected chi connectivity index (χ4v) is 2.55. The smallest absolute Gasteiger partial charge is 0.169 e. The molecule has 18 heavy (non-hydrogen) atoms. The molecule has 0 heterocycles. The van der Waals surface area contributed by atoms with Gasteiger partial charge in [-0.25, -0.2) is 0 Å². The standard InChI is InChI=1S/C13H25NO3S/c1-6-16-13(17-7-2)8-11(9-13)10-14-18(15)12(3,4)5/h10-11H,6-9H2,1-5H3/b14-10+. The van der Waals surface area contributed by atoms with Gasteiger partial charge in [0, 0.05) is 32.0 Å². The zero-order valence-corrected chi connectivity index (χ0v) is 12.9. The normalized spacial score (nSPS) is 22.1. The van der Waals surface area contributed by atoms with Crippen molar-refractivity contribution in [1.82, 2.24) is 0 Å². The van der Waals surface area contributed by atoms with Crippen molar-refractivity contribution in [2.45, 2.75) is 58.0 Å². The first-order valence-corrected chi connectivity index (χ1v) is 7.68. The molecule has 1 fully saturated rings. The molecule has 106 valence electrons. The Morgan fingerprint density at radius 2 is 1.78 bits per heavy atom. The Labute approximate surface area is 113 Å². The van der Waals surface area contributed by atoms with Crippen molar-refractivity contribution in [3.63, 3.8) is 0 Å². The van der Waals surface area contributed by atoms with E-state index >= 15 is 0 Å². The van der Waals surface area contributed by atoms with Crippen LogP contribution in [0.1, 0.15) is 47.5 Å². The molecule has 1 aliphatic rings. The van der Waals surface area contributed by atoms with Crippen LogP contribution in [0.25, 0.3) is 0 Å². The third-order valence-electron chi connectivity index (χ3n) is 2.85.